The van der Waals surface area contributed by atoms with Crippen molar-refractivity contribution < 1.29 is 4.79 Å². The van der Waals surface area contributed by atoms with Crippen LogP contribution in [0, 0.1) is 11.3 Å². The zero-order valence-electron chi connectivity index (χ0n) is 7.71. The smallest absolute Gasteiger partial charge is 0.239 e. The minimum Gasteiger partial charge on any atom is -0.326 e. The molecular formula is C8H14N4O. The van der Waals surface area contributed by atoms with Crippen molar-refractivity contribution in [3.8, 4) is 6.07 Å². The van der Waals surface area contributed by atoms with Gasteiger partial charge in [-0.05, 0) is 19.9 Å². The van der Waals surface area contributed by atoms with Gasteiger partial charge in [-0.25, -0.2) is 5.43 Å². The number of amides is 1. The maximum absolute atomic E-state index is 11.4. The van der Waals surface area contributed by atoms with Crippen LogP contribution in [0.5, 0.6) is 0 Å². The predicted octanol–water partition coefficient (Wildman–Crippen LogP) is -0.775. The molecule has 5 nitrogen and oxygen atoms in total. The number of hydrogen-bond acceptors (Lipinski definition) is 4. The minimum absolute atomic E-state index is 0.0154. The molecule has 1 rings (SSSR count). The van der Waals surface area contributed by atoms with Crippen molar-refractivity contribution in [1.82, 2.24) is 15.8 Å². The minimum atomic E-state index is -0.217. The molecule has 0 aliphatic carbocycles. The number of hydrogen-bond donors (Lipinski definition) is 2. The van der Waals surface area contributed by atoms with E-state index in [1.807, 2.05) is 0 Å². The Morgan fingerprint density at radius 2 is 2.54 bits per heavy atom. The van der Waals surface area contributed by atoms with E-state index in [2.05, 4.69) is 16.9 Å². The van der Waals surface area contributed by atoms with E-state index in [4.69, 9.17) is 5.26 Å². The van der Waals surface area contributed by atoms with Crippen LogP contribution in [-0.2, 0) is 4.79 Å². The van der Waals surface area contributed by atoms with E-state index in [-0.39, 0.29) is 18.5 Å². The highest BCUT2D eigenvalue weighted by Crippen LogP contribution is 2.15. The molecule has 1 heterocycles. The number of nitrogens with zero attached hydrogens (tertiary/aromatic N) is 2. The molecule has 0 spiro atoms. The zero-order chi connectivity index (χ0) is 9.68. The van der Waals surface area contributed by atoms with Crippen LogP contribution in [0.3, 0.4) is 0 Å². The van der Waals surface area contributed by atoms with Gasteiger partial charge in [-0.2, -0.15) is 5.26 Å². The number of likely N-dealkylation sites (tertiary alicyclic amines) is 1. The van der Waals surface area contributed by atoms with Crippen molar-refractivity contribution in [2.75, 3.05) is 20.1 Å². The lowest BCUT2D eigenvalue weighted by Crippen LogP contribution is -2.43. The van der Waals surface area contributed by atoms with Crippen molar-refractivity contribution in [3.05, 3.63) is 0 Å². The Labute approximate surface area is 77.7 Å². The summed E-state index contributed by atoms with van der Waals surface area (Å²) >= 11 is 0. The Morgan fingerprint density at radius 1 is 1.77 bits per heavy atom. The molecule has 13 heavy (non-hydrogen) atoms. The summed E-state index contributed by atoms with van der Waals surface area (Å²) in [5, 5.41) is 8.73. The van der Waals surface area contributed by atoms with Crippen LogP contribution in [0.4, 0.5) is 0 Å². The maximum Gasteiger partial charge on any atom is 0.239 e. The number of rotatable bonds is 3. The Morgan fingerprint density at radius 3 is 3.15 bits per heavy atom. The average molecular weight is 182 g/mol. The predicted molar refractivity (Wildman–Crippen MR) is 47.4 cm³/mol. The standard InChI is InChI=1S/C8H14N4O/c1-10-11-6-8(13)12-4-2-3-7(12)5-9/h7,10-11H,2-4,6H2,1H3/t7-/m0/s1. The van der Waals surface area contributed by atoms with Crippen LogP contribution in [0.25, 0.3) is 0 Å². The fourth-order valence-electron chi connectivity index (χ4n) is 1.46. The first-order chi connectivity index (χ1) is 6.29. The first-order valence-corrected chi connectivity index (χ1v) is 4.38. The number of nitrogens with one attached hydrogen (secondary N) is 2. The molecule has 0 bridgehead atoms. The topological polar surface area (TPSA) is 68.2 Å². The van der Waals surface area contributed by atoms with Gasteiger partial charge in [0.05, 0.1) is 12.6 Å². The van der Waals surface area contributed by atoms with Gasteiger partial charge in [-0.3, -0.25) is 10.2 Å². The Balaban J connectivity index is 2.42. The summed E-state index contributed by atoms with van der Waals surface area (Å²) in [7, 11) is 1.71. The fraction of sp³-hybridized carbons (Fsp3) is 0.750. The first-order valence-electron chi connectivity index (χ1n) is 4.38. The molecular weight excluding hydrogens is 168 g/mol. The summed E-state index contributed by atoms with van der Waals surface area (Å²) in [6.07, 6.45) is 1.74. The summed E-state index contributed by atoms with van der Waals surface area (Å²) in [5.74, 6) is -0.0154. The van der Waals surface area contributed by atoms with Crippen molar-refractivity contribution in [1.29, 1.82) is 5.26 Å². The molecule has 72 valence electrons. The second-order valence-electron chi connectivity index (χ2n) is 2.98. The highest BCUT2D eigenvalue weighted by Gasteiger charge is 2.27. The van der Waals surface area contributed by atoms with Gasteiger partial charge in [0.2, 0.25) is 5.91 Å². The monoisotopic (exact) mass is 182 g/mol. The van der Waals surface area contributed by atoms with Crippen LogP contribution < -0.4 is 10.9 Å². The van der Waals surface area contributed by atoms with Crippen molar-refractivity contribution >= 4 is 5.91 Å². The van der Waals surface area contributed by atoms with Gasteiger partial charge in [0, 0.05) is 6.54 Å². The van der Waals surface area contributed by atoms with E-state index in [1.165, 1.54) is 0 Å². The van der Waals surface area contributed by atoms with Crippen LogP contribution in [0.15, 0.2) is 0 Å². The van der Waals surface area contributed by atoms with E-state index < -0.39 is 0 Å². The highest BCUT2D eigenvalue weighted by atomic mass is 16.2. The van der Waals surface area contributed by atoms with Gasteiger partial charge in [-0.15, -0.1) is 0 Å². The van der Waals surface area contributed by atoms with Gasteiger partial charge in [0.15, 0.2) is 0 Å². The molecule has 1 amide bonds. The Bertz CT molecular complexity index is 223. The van der Waals surface area contributed by atoms with Crippen LogP contribution in [0.1, 0.15) is 12.8 Å². The van der Waals surface area contributed by atoms with E-state index in [0.717, 1.165) is 12.8 Å². The molecule has 0 unspecified atom stereocenters. The van der Waals surface area contributed by atoms with E-state index >= 15 is 0 Å². The normalized spacial score (nSPS) is 21.5. The molecule has 0 radical (unpaired) electrons. The molecule has 0 aromatic carbocycles. The third-order valence-corrected chi connectivity index (χ3v) is 2.14. The van der Waals surface area contributed by atoms with Gasteiger partial charge in [-0.1, -0.05) is 0 Å². The summed E-state index contributed by atoms with van der Waals surface area (Å²) in [5.41, 5.74) is 5.39. The molecule has 0 aromatic heterocycles. The third kappa shape index (κ3) is 2.41. The molecule has 1 fully saturated rings. The molecule has 1 aliphatic rings. The van der Waals surface area contributed by atoms with Gasteiger partial charge in [0.25, 0.3) is 0 Å². The van der Waals surface area contributed by atoms with E-state index in [9.17, 15) is 4.79 Å². The maximum atomic E-state index is 11.4. The van der Waals surface area contributed by atoms with Gasteiger partial charge in [0.1, 0.15) is 6.04 Å². The second-order valence-corrected chi connectivity index (χ2v) is 2.98. The first kappa shape index (κ1) is 9.96. The molecule has 1 aliphatic heterocycles. The number of hydrazine groups is 1. The lowest BCUT2D eigenvalue weighted by molar-refractivity contribution is -0.130. The molecule has 0 saturated carbocycles. The second kappa shape index (κ2) is 4.80. The Hall–Kier alpha value is -1.12. The third-order valence-electron chi connectivity index (χ3n) is 2.14. The SMILES string of the molecule is CNNCC(=O)N1CCC[C@H]1C#N. The highest BCUT2D eigenvalue weighted by molar-refractivity contribution is 5.79. The lowest BCUT2D eigenvalue weighted by atomic mass is 10.2. The van der Waals surface area contributed by atoms with Crippen molar-refractivity contribution in [3.63, 3.8) is 0 Å². The van der Waals surface area contributed by atoms with Gasteiger partial charge >= 0.3 is 0 Å². The van der Waals surface area contributed by atoms with Crippen molar-refractivity contribution in [2.45, 2.75) is 18.9 Å². The number of nitriles is 1. The Kier molecular flexibility index (Phi) is 3.68. The largest absolute Gasteiger partial charge is 0.326 e. The summed E-state index contributed by atoms with van der Waals surface area (Å²) in [6.45, 7) is 0.955. The number of carbonyl (C=O) groups is 1. The van der Waals surface area contributed by atoms with E-state index in [1.54, 1.807) is 11.9 Å². The molecule has 5 heteroatoms. The lowest BCUT2D eigenvalue weighted by Gasteiger charge is -2.19. The molecule has 1 saturated heterocycles. The molecule has 2 N–H and O–H groups in total. The van der Waals surface area contributed by atoms with Crippen LogP contribution >= 0.6 is 0 Å². The average Bonchev–Trinajstić information content (AvgIpc) is 2.61. The summed E-state index contributed by atoms with van der Waals surface area (Å²) in [6, 6.07) is 1.91. The summed E-state index contributed by atoms with van der Waals surface area (Å²) < 4.78 is 0. The van der Waals surface area contributed by atoms with Crippen LogP contribution in [-0.4, -0.2) is 37.0 Å². The quantitative estimate of drug-likeness (QED) is 0.562. The zero-order valence-corrected chi connectivity index (χ0v) is 7.71. The van der Waals surface area contributed by atoms with Gasteiger partial charge < -0.3 is 4.90 Å². The summed E-state index contributed by atoms with van der Waals surface area (Å²) in [4.78, 5) is 13.1. The molecule has 1 atom stereocenters. The van der Waals surface area contributed by atoms with E-state index in [0.29, 0.717) is 6.54 Å². The van der Waals surface area contributed by atoms with Crippen molar-refractivity contribution in [2.24, 2.45) is 0 Å². The number of carbonyl (C=O) groups excluding carboxylic acids is 1. The fourth-order valence-corrected chi connectivity index (χ4v) is 1.46. The van der Waals surface area contributed by atoms with Crippen LogP contribution in [0.2, 0.25) is 0 Å². The molecule has 0 aromatic rings.